The highest BCUT2D eigenvalue weighted by Crippen LogP contribution is 2.21. The smallest absolute Gasteiger partial charge is 0.273 e. The maximum absolute atomic E-state index is 12.1. The van der Waals surface area contributed by atoms with Crippen molar-refractivity contribution < 1.29 is 9.72 Å². The molecule has 104 valence electrons. The van der Waals surface area contributed by atoms with Gasteiger partial charge >= 0.3 is 0 Å². The van der Waals surface area contributed by atoms with Gasteiger partial charge in [-0.15, -0.1) is 11.6 Å². The fourth-order valence-electron chi connectivity index (χ4n) is 1.91. The number of carbonyl (C=O) groups is 1. The van der Waals surface area contributed by atoms with E-state index in [0.717, 1.165) is 0 Å². The molecule has 0 fully saturated rings. The minimum atomic E-state index is -0.490. The number of nitrogens with zero attached hydrogens (tertiary/aromatic N) is 1. The van der Waals surface area contributed by atoms with Crippen LogP contribution in [0, 0.1) is 17.0 Å². The minimum absolute atomic E-state index is 0.0403. The second-order valence-electron chi connectivity index (χ2n) is 4.60. The van der Waals surface area contributed by atoms with Crippen molar-refractivity contribution in [1.82, 2.24) is 5.32 Å². The number of benzene rings is 1. The monoisotopic (exact) mass is 284 g/mol. The number of hydrogen-bond donors (Lipinski definition) is 1. The normalized spacial score (nSPS) is 13.7. The Hall–Kier alpha value is -1.62. The number of nitro groups is 1. The zero-order valence-electron chi connectivity index (χ0n) is 11.1. The van der Waals surface area contributed by atoms with Crippen LogP contribution in [0.25, 0.3) is 0 Å². The Labute approximate surface area is 117 Å². The highest BCUT2D eigenvalue weighted by molar-refractivity contribution is 6.20. The van der Waals surface area contributed by atoms with Gasteiger partial charge in [0.2, 0.25) is 0 Å². The van der Waals surface area contributed by atoms with E-state index >= 15 is 0 Å². The summed E-state index contributed by atoms with van der Waals surface area (Å²) in [6.45, 7) is 5.27. The molecular weight excluding hydrogens is 268 g/mol. The van der Waals surface area contributed by atoms with Crippen LogP contribution in [0.5, 0.6) is 0 Å². The molecule has 0 saturated heterocycles. The molecule has 0 spiro atoms. The number of halogens is 1. The van der Waals surface area contributed by atoms with Gasteiger partial charge in [-0.25, -0.2) is 0 Å². The van der Waals surface area contributed by atoms with Gasteiger partial charge in [-0.1, -0.05) is 6.07 Å². The molecule has 5 nitrogen and oxygen atoms in total. The SMILES string of the molecule is Cc1c(C(=O)NC(C)CC(C)Cl)cccc1[N+](=O)[O-]. The van der Waals surface area contributed by atoms with Gasteiger partial charge in [0.1, 0.15) is 0 Å². The lowest BCUT2D eigenvalue weighted by atomic mass is 10.1. The van der Waals surface area contributed by atoms with E-state index in [4.69, 9.17) is 11.6 Å². The van der Waals surface area contributed by atoms with Crippen molar-refractivity contribution >= 4 is 23.2 Å². The summed E-state index contributed by atoms with van der Waals surface area (Å²) in [4.78, 5) is 22.4. The first-order valence-electron chi connectivity index (χ1n) is 6.01. The van der Waals surface area contributed by atoms with Crippen molar-refractivity contribution in [2.75, 3.05) is 0 Å². The predicted molar refractivity (Wildman–Crippen MR) is 74.7 cm³/mol. The number of hydrogen-bond acceptors (Lipinski definition) is 3. The van der Waals surface area contributed by atoms with E-state index in [1.54, 1.807) is 13.0 Å². The van der Waals surface area contributed by atoms with E-state index in [1.807, 2.05) is 13.8 Å². The number of nitrogens with one attached hydrogen (secondary N) is 1. The lowest BCUT2D eigenvalue weighted by molar-refractivity contribution is -0.385. The minimum Gasteiger partial charge on any atom is -0.350 e. The molecule has 0 aromatic heterocycles. The molecule has 1 aromatic carbocycles. The Morgan fingerprint density at radius 3 is 2.63 bits per heavy atom. The van der Waals surface area contributed by atoms with Crippen LogP contribution in [0.3, 0.4) is 0 Å². The topological polar surface area (TPSA) is 72.2 Å². The van der Waals surface area contributed by atoms with E-state index in [0.29, 0.717) is 17.5 Å². The molecule has 0 aliphatic carbocycles. The van der Waals surface area contributed by atoms with Crippen LogP contribution in [0.4, 0.5) is 5.69 Å². The van der Waals surface area contributed by atoms with Gasteiger partial charge in [0.05, 0.1) is 4.92 Å². The lowest BCUT2D eigenvalue weighted by Gasteiger charge is -2.15. The van der Waals surface area contributed by atoms with E-state index < -0.39 is 4.92 Å². The van der Waals surface area contributed by atoms with Gasteiger partial charge < -0.3 is 5.32 Å². The molecule has 1 N–H and O–H groups in total. The first-order chi connectivity index (χ1) is 8.82. The van der Waals surface area contributed by atoms with Crippen molar-refractivity contribution in [1.29, 1.82) is 0 Å². The van der Waals surface area contributed by atoms with Crippen LogP contribution in [0.2, 0.25) is 0 Å². The Morgan fingerprint density at radius 2 is 2.11 bits per heavy atom. The third-order valence-electron chi connectivity index (χ3n) is 2.80. The average Bonchev–Trinajstić information content (AvgIpc) is 2.27. The maximum atomic E-state index is 12.1. The molecule has 19 heavy (non-hydrogen) atoms. The summed E-state index contributed by atoms with van der Waals surface area (Å²) in [6.07, 6.45) is 0.640. The Morgan fingerprint density at radius 1 is 1.47 bits per heavy atom. The summed E-state index contributed by atoms with van der Waals surface area (Å²) >= 11 is 5.86. The van der Waals surface area contributed by atoms with Crippen molar-refractivity contribution in [2.24, 2.45) is 0 Å². The van der Waals surface area contributed by atoms with Gasteiger partial charge in [-0.05, 0) is 33.3 Å². The second kappa shape index (κ2) is 6.52. The number of carbonyl (C=O) groups excluding carboxylic acids is 1. The van der Waals surface area contributed by atoms with Crippen molar-refractivity contribution in [3.63, 3.8) is 0 Å². The van der Waals surface area contributed by atoms with Gasteiger partial charge in [0.25, 0.3) is 11.6 Å². The Balaban J connectivity index is 2.89. The second-order valence-corrected chi connectivity index (χ2v) is 5.34. The van der Waals surface area contributed by atoms with Gasteiger partial charge in [0.15, 0.2) is 0 Å². The molecule has 0 aliphatic heterocycles. The van der Waals surface area contributed by atoms with Crippen molar-refractivity contribution in [2.45, 2.75) is 38.6 Å². The molecule has 6 heteroatoms. The van der Waals surface area contributed by atoms with Gasteiger partial charge in [-0.3, -0.25) is 14.9 Å². The van der Waals surface area contributed by atoms with E-state index in [-0.39, 0.29) is 23.0 Å². The van der Waals surface area contributed by atoms with Crippen molar-refractivity contribution in [3.8, 4) is 0 Å². The highest BCUT2D eigenvalue weighted by Gasteiger charge is 2.19. The Bertz CT molecular complexity index is 489. The van der Waals surface area contributed by atoms with E-state index in [2.05, 4.69) is 5.32 Å². The predicted octanol–water partition coefficient (Wildman–Crippen LogP) is 3.04. The summed E-state index contributed by atoms with van der Waals surface area (Å²) in [6, 6.07) is 4.39. The van der Waals surface area contributed by atoms with Crippen LogP contribution in [0.15, 0.2) is 18.2 Å². The molecule has 2 unspecified atom stereocenters. The molecule has 0 bridgehead atoms. The molecular formula is C13H17ClN2O3. The molecule has 1 amide bonds. The van der Waals surface area contributed by atoms with Crippen molar-refractivity contribution in [3.05, 3.63) is 39.4 Å². The third kappa shape index (κ3) is 4.21. The standard InChI is InChI=1S/C13H17ClN2O3/c1-8(14)7-9(2)15-13(17)11-5-4-6-12(10(11)3)16(18)19/h4-6,8-9H,7H2,1-3H3,(H,15,17). The Kier molecular flexibility index (Phi) is 5.30. The molecule has 1 rings (SSSR count). The first-order valence-corrected chi connectivity index (χ1v) is 6.45. The zero-order chi connectivity index (χ0) is 14.6. The van der Waals surface area contributed by atoms with E-state index in [1.165, 1.54) is 12.1 Å². The molecule has 2 atom stereocenters. The number of alkyl halides is 1. The molecule has 0 saturated carbocycles. The van der Waals surface area contributed by atoms with Crippen LogP contribution < -0.4 is 5.32 Å². The fourth-order valence-corrected chi connectivity index (χ4v) is 2.18. The first kappa shape index (κ1) is 15.4. The summed E-state index contributed by atoms with van der Waals surface area (Å²) in [5.74, 6) is -0.314. The number of rotatable bonds is 5. The van der Waals surface area contributed by atoms with Crippen LogP contribution >= 0.6 is 11.6 Å². The average molecular weight is 285 g/mol. The summed E-state index contributed by atoms with van der Waals surface area (Å²) in [7, 11) is 0. The molecule has 0 radical (unpaired) electrons. The van der Waals surface area contributed by atoms with Gasteiger partial charge in [0, 0.05) is 28.6 Å². The third-order valence-corrected chi connectivity index (χ3v) is 2.98. The molecule has 1 aromatic rings. The summed E-state index contributed by atoms with van der Waals surface area (Å²) in [5, 5.41) is 13.6. The van der Waals surface area contributed by atoms with Crippen LogP contribution in [-0.2, 0) is 0 Å². The van der Waals surface area contributed by atoms with Crippen LogP contribution in [-0.4, -0.2) is 22.2 Å². The quantitative estimate of drug-likeness (QED) is 0.513. The zero-order valence-corrected chi connectivity index (χ0v) is 11.9. The number of amides is 1. The largest absolute Gasteiger partial charge is 0.350 e. The summed E-state index contributed by atoms with van der Waals surface area (Å²) < 4.78 is 0. The lowest BCUT2D eigenvalue weighted by Crippen LogP contribution is -2.34. The maximum Gasteiger partial charge on any atom is 0.273 e. The highest BCUT2D eigenvalue weighted by atomic mass is 35.5. The van der Waals surface area contributed by atoms with Crippen LogP contribution in [0.1, 0.15) is 36.2 Å². The van der Waals surface area contributed by atoms with Gasteiger partial charge in [-0.2, -0.15) is 0 Å². The fraction of sp³-hybridized carbons (Fsp3) is 0.462. The molecule has 0 heterocycles. The number of nitro benzene ring substituents is 1. The summed E-state index contributed by atoms with van der Waals surface area (Å²) in [5.41, 5.74) is 0.644. The van der Waals surface area contributed by atoms with E-state index in [9.17, 15) is 14.9 Å². The molecule has 0 aliphatic rings.